The van der Waals surface area contributed by atoms with Gasteiger partial charge in [-0.25, -0.2) is 0 Å². The average Bonchev–Trinajstić information content (AvgIpc) is 3.22. The van der Waals surface area contributed by atoms with Crippen LogP contribution in [-0.4, -0.2) is 55.1 Å². The highest BCUT2D eigenvalue weighted by Crippen LogP contribution is 2.14. The van der Waals surface area contributed by atoms with Crippen LogP contribution in [0.2, 0.25) is 0 Å². The molecular formula is C19H21N7O. The Balaban J connectivity index is 1.31. The lowest BCUT2D eigenvalue weighted by molar-refractivity contribution is 0.0704. The van der Waals surface area contributed by atoms with Crippen molar-refractivity contribution < 1.29 is 4.79 Å². The van der Waals surface area contributed by atoms with Crippen molar-refractivity contribution >= 4 is 5.91 Å². The van der Waals surface area contributed by atoms with Crippen LogP contribution in [0.25, 0.3) is 5.69 Å². The van der Waals surface area contributed by atoms with E-state index in [9.17, 15) is 4.79 Å². The summed E-state index contributed by atoms with van der Waals surface area (Å²) in [6, 6.07) is 13.8. The fraction of sp³-hybridized carbons (Fsp3) is 0.316. The predicted molar refractivity (Wildman–Crippen MR) is 99.2 cm³/mol. The third-order valence-corrected chi connectivity index (χ3v) is 4.77. The topological polar surface area (TPSA) is 88.8 Å². The Bertz CT molecular complexity index is 873. The third-order valence-electron chi connectivity index (χ3n) is 4.77. The first-order chi connectivity index (χ1) is 13.3. The molecule has 1 fully saturated rings. The van der Waals surface area contributed by atoms with Gasteiger partial charge in [0.2, 0.25) is 0 Å². The second-order valence-electron chi connectivity index (χ2n) is 6.53. The summed E-state index contributed by atoms with van der Waals surface area (Å²) < 4.78 is 1.74. The highest BCUT2D eigenvalue weighted by atomic mass is 16.2. The standard InChI is InChI=1S/C19H21N7O/c27-19(15-5-4-10-20-13-15)25-11-8-16(9-12-25)21-14-18-22-23-24-26(18)17-6-2-1-3-7-17/h1-7,10,13,16,21H,8-9,11-12,14H2. The molecular weight excluding hydrogens is 342 g/mol. The van der Waals surface area contributed by atoms with Gasteiger partial charge in [0, 0.05) is 31.5 Å². The average molecular weight is 363 g/mol. The second kappa shape index (κ2) is 8.05. The molecule has 0 atom stereocenters. The third kappa shape index (κ3) is 4.01. The Morgan fingerprint density at radius 3 is 2.67 bits per heavy atom. The minimum Gasteiger partial charge on any atom is -0.338 e. The Labute approximate surface area is 157 Å². The summed E-state index contributed by atoms with van der Waals surface area (Å²) in [6.45, 7) is 2.05. The summed E-state index contributed by atoms with van der Waals surface area (Å²) in [4.78, 5) is 18.4. The number of aromatic nitrogens is 5. The van der Waals surface area contributed by atoms with Crippen LogP contribution in [0.4, 0.5) is 0 Å². The molecule has 3 heterocycles. The number of carbonyl (C=O) groups excluding carboxylic acids is 1. The smallest absolute Gasteiger partial charge is 0.255 e. The highest BCUT2D eigenvalue weighted by Gasteiger charge is 2.24. The number of para-hydroxylation sites is 1. The van der Waals surface area contributed by atoms with E-state index in [-0.39, 0.29) is 5.91 Å². The Kier molecular flexibility index (Phi) is 5.15. The zero-order valence-corrected chi connectivity index (χ0v) is 14.9. The summed E-state index contributed by atoms with van der Waals surface area (Å²) in [5.74, 6) is 0.824. The maximum Gasteiger partial charge on any atom is 0.255 e. The summed E-state index contributed by atoms with van der Waals surface area (Å²) in [5.41, 5.74) is 1.59. The molecule has 4 rings (SSSR count). The number of hydrogen-bond donors (Lipinski definition) is 1. The van der Waals surface area contributed by atoms with E-state index in [1.54, 1.807) is 23.1 Å². The zero-order chi connectivity index (χ0) is 18.5. The molecule has 8 heteroatoms. The number of nitrogens with zero attached hydrogens (tertiary/aromatic N) is 6. The van der Waals surface area contributed by atoms with Gasteiger partial charge in [-0.1, -0.05) is 18.2 Å². The largest absolute Gasteiger partial charge is 0.338 e. The molecule has 8 nitrogen and oxygen atoms in total. The molecule has 0 radical (unpaired) electrons. The number of rotatable bonds is 5. The first kappa shape index (κ1) is 17.3. The first-order valence-corrected chi connectivity index (χ1v) is 9.06. The molecule has 0 bridgehead atoms. The van der Waals surface area contributed by atoms with Crippen molar-refractivity contribution in [2.75, 3.05) is 13.1 Å². The molecule has 0 unspecified atom stereocenters. The lowest BCUT2D eigenvalue weighted by Crippen LogP contribution is -2.45. The summed E-state index contributed by atoms with van der Waals surface area (Å²) >= 11 is 0. The van der Waals surface area contributed by atoms with Gasteiger partial charge < -0.3 is 10.2 Å². The number of carbonyl (C=O) groups is 1. The number of amides is 1. The van der Waals surface area contributed by atoms with Crippen molar-refractivity contribution in [3.05, 3.63) is 66.2 Å². The van der Waals surface area contributed by atoms with Crippen LogP contribution < -0.4 is 5.32 Å². The summed E-state index contributed by atoms with van der Waals surface area (Å²) in [7, 11) is 0. The number of nitrogens with one attached hydrogen (secondary N) is 1. The molecule has 1 aliphatic heterocycles. The molecule has 138 valence electrons. The van der Waals surface area contributed by atoms with E-state index < -0.39 is 0 Å². The van der Waals surface area contributed by atoms with Crippen molar-refractivity contribution in [2.24, 2.45) is 0 Å². The lowest BCUT2D eigenvalue weighted by atomic mass is 10.0. The van der Waals surface area contributed by atoms with Gasteiger partial charge in [-0.15, -0.1) is 5.10 Å². The van der Waals surface area contributed by atoms with E-state index in [2.05, 4.69) is 25.8 Å². The van der Waals surface area contributed by atoms with E-state index in [0.717, 1.165) is 37.4 Å². The molecule has 1 aliphatic rings. The van der Waals surface area contributed by atoms with E-state index in [1.165, 1.54) is 0 Å². The van der Waals surface area contributed by atoms with Crippen molar-refractivity contribution in [3.8, 4) is 5.69 Å². The van der Waals surface area contributed by atoms with E-state index in [4.69, 9.17) is 0 Å². The molecule has 3 aromatic rings. The first-order valence-electron chi connectivity index (χ1n) is 9.06. The predicted octanol–water partition coefficient (Wildman–Crippen LogP) is 1.45. The van der Waals surface area contributed by atoms with Crippen molar-refractivity contribution in [1.29, 1.82) is 0 Å². The number of benzene rings is 1. The number of hydrogen-bond acceptors (Lipinski definition) is 6. The molecule has 1 aromatic carbocycles. The Hall–Kier alpha value is -3.13. The van der Waals surface area contributed by atoms with Gasteiger partial charge >= 0.3 is 0 Å². The fourth-order valence-electron chi connectivity index (χ4n) is 3.28. The number of likely N-dealkylation sites (tertiary alicyclic amines) is 1. The number of pyridine rings is 1. The Morgan fingerprint density at radius 1 is 1.11 bits per heavy atom. The van der Waals surface area contributed by atoms with E-state index >= 15 is 0 Å². The minimum atomic E-state index is 0.0505. The number of tetrazole rings is 1. The van der Waals surface area contributed by atoms with Crippen LogP contribution in [0.5, 0.6) is 0 Å². The molecule has 27 heavy (non-hydrogen) atoms. The lowest BCUT2D eigenvalue weighted by Gasteiger charge is -2.32. The van der Waals surface area contributed by atoms with Crippen LogP contribution in [0, 0.1) is 0 Å². The monoisotopic (exact) mass is 363 g/mol. The van der Waals surface area contributed by atoms with Gasteiger partial charge in [-0.2, -0.15) is 4.68 Å². The van der Waals surface area contributed by atoms with Crippen LogP contribution in [0.15, 0.2) is 54.9 Å². The quantitative estimate of drug-likeness (QED) is 0.738. The zero-order valence-electron chi connectivity index (χ0n) is 14.9. The van der Waals surface area contributed by atoms with E-state index in [1.807, 2.05) is 41.3 Å². The van der Waals surface area contributed by atoms with Gasteiger partial charge in [0.1, 0.15) is 0 Å². The Morgan fingerprint density at radius 2 is 1.93 bits per heavy atom. The van der Waals surface area contributed by atoms with Crippen molar-refractivity contribution in [2.45, 2.75) is 25.4 Å². The molecule has 1 amide bonds. The molecule has 1 N–H and O–H groups in total. The summed E-state index contributed by atoms with van der Waals surface area (Å²) in [5, 5.41) is 15.5. The van der Waals surface area contributed by atoms with Crippen LogP contribution in [0.1, 0.15) is 29.0 Å². The van der Waals surface area contributed by atoms with E-state index in [0.29, 0.717) is 18.2 Å². The van der Waals surface area contributed by atoms with Crippen LogP contribution in [0.3, 0.4) is 0 Å². The molecule has 2 aromatic heterocycles. The maximum atomic E-state index is 12.5. The minimum absolute atomic E-state index is 0.0505. The highest BCUT2D eigenvalue weighted by molar-refractivity contribution is 5.93. The van der Waals surface area contributed by atoms with Gasteiger partial charge in [0.15, 0.2) is 5.82 Å². The van der Waals surface area contributed by atoms with Gasteiger partial charge in [-0.05, 0) is 47.5 Å². The molecule has 0 saturated carbocycles. The SMILES string of the molecule is O=C(c1cccnc1)N1CCC(NCc2nnnn2-c2ccccc2)CC1. The fourth-order valence-corrected chi connectivity index (χ4v) is 3.28. The second-order valence-corrected chi connectivity index (χ2v) is 6.53. The normalized spacial score (nSPS) is 15.0. The van der Waals surface area contributed by atoms with Crippen molar-refractivity contribution in [1.82, 2.24) is 35.4 Å². The maximum absolute atomic E-state index is 12.5. The van der Waals surface area contributed by atoms with Crippen LogP contribution in [-0.2, 0) is 6.54 Å². The van der Waals surface area contributed by atoms with Gasteiger partial charge in [-0.3, -0.25) is 9.78 Å². The number of piperidine rings is 1. The molecule has 0 aliphatic carbocycles. The van der Waals surface area contributed by atoms with Crippen molar-refractivity contribution in [3.63, 3.8) is 0 Å². The molecule has 1 saturated heterocycles. The van der Waals surface area contributed by atoms with Gasteiger partial charge in [0.05, 0.1) is 17.8 Å². The summed E-state index contributed by atoms with van der Waals surface area (Å²) in [6.07, 6.45) is 5.10. The van der Waals surface area contributed by atoms with Crippen LogP contribution >= 0.6 is 0 Å². The molecule has 0 spiro atoms. The van der Waals surface area contributed by atoms with Gasteiger partial charge in [0.25, 0.3) is 5.91 Å².